The molecule has 1 aromatic carbocycles. The van der Waals surface area contributed by atoms with Crippen LogP contribution in [0.4, 0.5) is 0 Å². The van der Waals surface area contributed by atoms with Gasteiger partial charge < -0.3 is 20.3 Å². The molecule has 1 aromatic rings. The van der Waals surface area contributed by atoms with Crippen molar-refractivity contribution in [1.29, 1.82) is 0 Å². The summed E-state index contributed by atoms with van der Waals surface area (Å²) in [6, 6.07) is 8.31. The molecule has 2 aliphatic rings. The lowest BCUT2D eigenvalue weighted by molar-refractivity contribution is 0.0195. The number of carbonyl (C=O) groups excluding carboxylic acids is 1. The molecule has 3 rings (SSSR count). The van der Waals surface area contributed by atoms with Gasteiger partial charge in [0.1, 0.15) is 0 Å². The first-order valence-electron chi connectivity index (χ1n) is 9.85. The van der Waals surface area contributed by atoms with E-state index in [2.05, 4.69) is 25.4 Å². The number of benzene rings is 1. The molecule has 7 heteroatoms. The fraction of sp³-hybridized carbons (Fsp3) is 0.600. The summed E-state index contributed by atoms with van der Waals surface area (Å²) in [6.07, 6.45) is 1.17. The van der Waals surface area contributed by atoms with E-state index >= 15 is 0 Å². The van der Waals surface area contributed by atoms with Crippen LogP contribution in [0.5, 0.6) is 0 Å². The summed E-state index contributed by atoms with van der Waals surface area (Å²) in [5.41, 5.74) is 1.83. The third-order valence-electron chi connectivity index (χ3n) is 5.24. The van der Waals surface area contributed by atoms with Gasteiger partial charge in [-0.1, -0.05) is 12.1 Å². The number of nitrogens with zero attached hydrogens (tertiary/aromatic N) is 3. The van der Waals surface area contributed by atoms with Crippen LogP contribution < -0.4 is 10.6 Å². The van der Waals surface area contributed by atoms with Crippen molar-refractivity contribution in [2.24, 2.45) is 4.99 Å². The van der Waals surface area contributed by atoms with Crippen LogP contribution >= 0.6 is 0 Å². The van der Waals surface area contributed by atoms with Crippen molar-refractivity contribution < 1.29 is 9.53 Å². The molecule has 27 heavy (non-hydrogen) atoms. The molecule has 148 valence electrons. The molecule has 2 N–H and O–H groups in total. The molecule has 2 aliphatic heterocycles. The Hall–Kier alpha value is -2.12. The Balaban J connectivity index is 1.50. The smallest absolute Gasteiger partial charge is 0.251 e. The predicted molar refractivity (Wildman–Crippen MR) is 107 cm³/mol. The molecule has 0 aliphatic carbocycles. The largest absolute Gasteiger partial charge is 0.379 e. The number of nitrogens with one attached hydrogen (secondary N) is 2. The summed E-state index contributed by atoms with van der Waals surface area (Å²) in [5, 5.41) is 6.27. The Morgan fingerprint density at radius 3 is 2.59 bits per heavy atom. The van der Waals surface area contributed by atoms with Crippen LogP contribution in [0, 0.1) is 0 Å². The zero-order valence-corrected chi connectivity index (χ0v) is 16.4. The number of aliphatic imine (C=N–C) groups is 1. The van der Waals surface area contributed by atoms with Crippen LogP contribution in [-0.2, 0) is 11.3 Å². The molecule has 0 radical (unpaired) electrons. The van der Waals surface area contributed by atoms with Crippen LogP contribution in [-0.4, -0.2) is 80.7 Å². The van der Waals surface area contributed by atoms with Gasteiger partial charge in [-0.2, -0.15) is 0 Å². The minimum Gasteiger partial charge on any atom is -0.379 e. The zero-order chi connectivity index (χ0) is 19.1. The summed E-state index contributed by atoms with van der Waals surface area (Å²) in [5.74, 6) is 0.914. The number of hydrogen-bond acceptors (Lipinski definition) is 4. The third kappa shape index (κ3) is 5.20. The van der Waals surface area contributed by atoms with Crippen LogP contribution in [0.25, 0.3) is 0 Å². The summed E-state index contributed by atoms with van der Waals surface area (Å²) >= 11 is 0. The summed E-state index contributed by atoms with van der Waals surface area (Å²) < 4.78 is 5.46. The molecule has 1 atom stereocenters. The maximum atomic E-state index is 11.8. The molecular weight excluding hydrogens is 342 g/mol. The summed E-state index contributed by atoms with van der Waals surface area (Å²) in [7, 11) is 1.84. The molecule has 0 bridgehead atoms. The maximum Gasteiger partial charge on any atom is 0.251 e. The van der Waals surface area contributed by atoms with E-state index in [1.807, 2.05) is 38.2 Å². The molecule has 1 amide bonds. The summed E-state index contributed by atoms with van der Waals surface area (Å²) in [4.78, 5) is 21.2. The molecule has 2 heterocycles. The van der Waals surface area contributed by atoms with Crippen LogP contribution in [0.2, 0.25) is 0 Å². The summed E-state index contributed by atoms with van der Waals surface area (Å²) in [6.45, 7) is 9.04. The van der Waals surface area contributed by atoms with Gasteiger partial charge in [-0.25, -0.2) is 0 Å². The van der Waals surface area contributed by atoms with E-state index in [9.17, 15) is 4.79 Å². The van der Waals surface area contributed by atoms with E-state index in [-0.39, 0.29) is 5.91 Å². The Labute approximate surface area is 161 Å². The van der Waals surface area contributed by atoms with Gasteiger partial charge in [-0.3, -0.25) is 14.7 Å². The topological polar surface area (TPSA) is 69.2 Å². The van der Waals surface area contributed by atoms with E-state index in [4.69, 9.17) is 4.74 Å². The van der Waals surface area contributed by atoms with Crippen molar-refractivity contribution in [3.63, 3.8) is 0 Å². The van der Waals surface area contributed by atoms with Crippen molar-refractivity contribution in [3.05, 3.63) is 35.4 Å². The van der Waals surface area contributed by atoms with Crippen molar-refractivity contribution in [2.45, 2.75) is 25.9 Å². The van der Waals surface area contributed by atoms with Gasteiger partial charge in [0.15, 0.2) is 5.96 Å². The van der Waals surface area contributed by atoms with Crippen molar-refractivity contribution >= 4 is 11.9 Å². The lowest BCUT2D eigenvalue weighted by Gasteiger charge is -2.32. The highest BCUT2D eigenvalue weighted by Gasteiger charge is 2.30. The molecule has 7 nitrogen and oxygen atoms in total. The number of morpholine rings is 1. The standard InChI is InChI=1S/C20H31N5O2/c1-3-22-19(26)17-6-4-16(5-7-17)14-23-20(21-2)25-9-8-18(15-25)24-10-12-27-13-11-24/h4-7,18H,3,8-15H2,1-2H3,(H,21,23)(H,22,26). The van der Waals surface area contributed by atoms with Gasteiger partial charge in [0.05, 0.1) is 13.2 Å². The molecule has 1 unspecified atom stereocenters. The van der Waals surface area contributed by atoms with Gasteiger partial charge in [0.25, 0.3) is 5.91 Å². The van der Waals surface area contributed by atoms with Crippen molar-refractivity contribution in [3.8, 4) is 0 Å². The zero-order valence-electron chi connectivity index (χ0n) is 16.4. The average molecular weight is 374 g/mol. The minimum absolute atomic E-state index is 0.0287. The first-order chi connectivity index (χ1) is 13.2. The molecule has 0 saturated carbocycles. The molecular formula is C20H31N5O2. The Kier molecular flexibility index (Phi) is 7.06. The average Bonchev–Trinajstić information content (AvgIpc) is 3.20. The molecule has 0 aromatic heterocycles. The van der Waals surface area contributed by atoms with Crippen LogP contribution in [0.3, 0.4) is 0 Å². The number of rotatable bonds is 5. The fourth-order valence-electron chi connectivity index (χ4n) is 3.72. The maximum absolute atomic E-state index is 11.8. The second-order valence-electron chi connectivity index (χ2n) is 6.99. The predicted octanol–water partition coefficient (Wildman–Crippen LogP) is 0.918. The highest BCUT2D eigenvalue weighted by Crippen LogP contribution is 2.17. The lowest BCUT2D eigenvalue weighted by atomic mass is 10.1. The van der Waals surface area contributed by atoms with Crippen LogP contribution in [0.15, 0.2) is 29.3 Å². The quantitative estimate of drug-likeness (QED) is 0.593. The molecule has 2 saturated heterocycles. The van der Waals surface area contributed by atoms with E-state index in [0.29, 0.717) is 24.7 Å². The SMILES string of the molecule is CCNC(=O)c1ccc(CNC(=NC)N2CCC(N3CCOCC3)C2)cc1. The third-order valence-corrected chi connectivity index (χ3v) is 5.24. The Bertz CT molecular complexity index is 640. The Morgan fingerprint density at radius 2 is 1.93 bits per heavy atom. The fourth-order valence-corrected chi connectivity index (χ4v) is 3.72. The number of likely N-dealkylation sites (tertiary alicyclic amines) is 1. The van der Waals surface area contributed by atoms with Gasteiger partial charge in [-0.15, -0.1) is 0 Å². The van der Waals surface area contributed by atoms with Gasteiger partial charge in [0.2, 0.25) is 0 Å². The first-order valence-corrected chi connectivity index (χ1v) is 9.85. The second kappa shape index (κ2) is 9.71. The van der Waals surface area contributed by atoms with E-state index in [1.165, 1.54) is 6.42 Å². The van der Waals surface area contributed by atoms with Crippen molar-refractivity contribution in [2.75, 3.05) is 53.0 Å². The van der Waals surface area contributed by atoms with Crippen LogP contribution in [0.1, 0.15) is 29.3 Å². The number of hydrogen-bond donors (Lipinski definition) is 2. The second-order valence-corrected chi connectivity index (χ2v) is 6.99. The lowest BCUT2D eigenvalue weighted by Crippen LogP contribution is -2.46. The normalized spacial score (nSPS) is 21.3. The Morgan fingerprint density at radius 1 is 1.19 bits per heavy atom. The van der Waals surface area contributed by atoms with E-state index in [0.717, 1.165) is 50.9 Å². The van der Waals surface area contributed by atoms with E-state index in [1.54, 1.807) is 0 Å². The van der Waals surface area contributed by atoms with Gasteiger partial charge >= 0.3 is 0 Å². The van der Waals surface area contributed by atoms with Crippen molar-refractivity contribution in [1.82, 2.24) is 20.4 Å². The number of ether oxygens (including phenoxy) is 1. The van der Waals surface area contributed by atoms with Gasteiger partial charge in [-0.05, 0) is 31.0 Å². The highest BCUT2D eigenvalue weighted by molar-refractivity contribution is 5.94. The number of carbonyl (C=O) groups is 1. The molecule has 0 spiro atoms. The van der Waals surface area contributed by atoms with E-state index < -0.39 is 0 Å². The number of guanidine groups is 1. The highest BCUT2D eigenvalue weighted by atomic mass is 16.5. The van der Waals surface area contributed by atoms with Gasteiger partial charge in [0, 0.05) is 57.9 Å². The first kappa shape index (κ1) is 19.6. The molecule has 2 fully saturated rings. The minimum atomic E-state index is -0.0287. The number of amides is 1. The monoisotopic (exact) mass is 373 g/mol.